The van der Waals surface area contributed by atoms with Gasteiger partial charge in [-0.3, -0.25) is 4.79 Å². The van der Waals surface area contributed by atoms with Crippen LogP contribution in [0.15, 0.2) is 58.6 Å². The van der Waals surface area contributed by atoms with Gasteiger partial charge in [-0.05, 0) is 47.7 Å². The van der Waals surface area contributed by atoms with E-state index in [1.165, 1.54) is 11.8 Å². The molecule has 1 amide bonds. The molecule has 0 N–H and O–H groups in total. The number of carbonyl (C=O) groups is 1. The zero-order valence-electron chi connectivity index (χ0n) is 15.0. The second-order valence-electron chi connectivity index (χ2n) is 6.25. The highest BCUT2D eigenvalue weighted by molar-refractivity contribution is 8.18. The van der Waals surface area contributed by atoms with Crippen molar-refractivity contribution in [3.05, 3.63) is 59.1 Å². The van der Waals surface area contributed by atoms with Crippen LogP contribution in [-0.4, -0.2) is 54.2 Å². The van der Waals surface area contributed by atoms with Crippen LogP contribution in [-0.2, 0) is 4.79 Å². The minimum absolute atomic E-state index is 0.176. The van der Waals surface area contributed by atoms with Gasteiger partial charge in [0.25, 0.3) is 5.91 Å². The number of anilines is 1. The van der Waals surface area contributed by atoms with E-state index >= 15 is 0 Å². The van der Waals surface area contributed by atoms with Crippen LogP contribution < -0.4 is 9.64 Å². The van der Waals surface area contributed by atoms with Gasteiger partial charge in [0.15, 0.2) is 5.17 Å². The predicted molar refractivity (Wildman–Crippen MR) is 109 cm³/mol. The first-order chi connectivity index (χ1) is 13.2. The van der Waals surface area contributed by atoms with E-state index in [-0.39, 0.29) is 5.91 Å². The molecule has 0 aliphatic carbocycles. The number of hydrogen-bond donors (Lipinski definition) is 0. The zero-order valence-corrected chi connectivity index (χ0v) is 15.9. The molecule has 2 aliphatic heterocycles. The number of thioether (sulfide) groups is 1. The van der Waals surface area contributed by atoms with Crippen molar-refractivity contribution in [2.75, 3.05) is 38.2 Å². The maximum Gasteiger partial charge on any atom is 0.286 e. The van der Waals surface area contributed by atoms with Crippen molar-refractivity contribution < 1.29 is 9.53 Å². The number of carbonyl (C=O) groups excluding carboxylic acids is 1. The number of aliphatic imine (C=N–C) groups is 1. The molecular formula is C20H20N4O2S. The summed E-state index contributed by atoms with van der Waals surface area (Å²) in [6.07, 6.45) is 3.68. The molecule has 0 bridgehead atoms. The molecule has 2 aromatic rings. The van der Waals surface area contributed by atoms with Gasteiger partial charge >= 0.3 is 0 Å². The summed E-state index contributed by atoms with van der Waals surface area (Å²) in [4.78, 5) is 26.1. The van der Waals surface area contributed by atoms with E-state index < -0.39 is 0 Å². The molecule has 6 nitrogen and oxygen atoms in total. The lowest BCUT2D eigenvalue weighted by molar-refractivity contribution is -0.113. The van der Waals surface area contributed by atoms with Gasteiger partial charge in [0.05, 0.1) is 12.0 Å². The molecule has 3 heterocycles. The largest absolute Gasteiger partial charge is 0.497 e. The van der Waals surface area contributed by atoms with E-state index in [0.717, 1.165) is 48.5 Å². The summed E-state index contributed by atoms with van der Waals surface area (Å²) in [6, 6.07) is 13.6. The van der Waals surface area contributed by atoms with Crippen LogP contribution in [0.4, 0.5) is 5.82 Å². The van der Waals surface area contributed by atoms with Crippen molar-refractivity contribution in [1.29, 1.82) is 0 Å². The van der Waals surface area contributed by atoms with Gasteiger partial charge in [-0.25, -0.2) is 4.98 Å². The van der Waals surface area contributed by atoms with Crippen molar-refractivity contribution in [1.82, 2.24) is 9.88 Å². The van der Waals surface area contributed by atoms with Crippen molar-refractivity contribution in [3.63, 3.8) is 0 Å². The van der Waals surface area contributed by atoms with Gasteiger partial charge in [-0.1, -0.05) is 18.2 Å². The molecule has 1 aromatic carbocycles. The van der Waals surface area contributed by atoms with Gasteiger partial charge in [-0.2, -0.15) is 4.99 Å². The summed E-state index contributed by atoms with van der Waals surface area (Å²) < 4.78 is 5.24. The van der Waals surface area contributed by atoms with Crippen LogP contribution in [0.1, 0.15) is 5.56 Å². The predicted octanol–water partition coefficient (Wildman–Crippen LogP) is 2.88. The molecule has 0 atom stereocenters. The first-order valence-corrected chi connectivity index (χ1v) is 9.62. The minimum Gasteiger partial charge on any atom is -0.497 e. The van der Waals surface area contributed by atoms with Gasteiger partial charge < -0.3 is 14.5 Å². The fraction of sp³-hybridized carbons (Fsp3) is 0.250. The topological polar surface area (TPSA) is 58.0 Å². The van der Waals surface area contributed by atoms with Crippen LogP contribution in [0, 0.1) is 0 Å². The average Bonchev–Trinajstić information content (AvgIpc) is 3.09. The number of ether oxygens (including phenoxy) is 1. The summed E-state index contributed by atoms with van der Waals surface area (Å²) in [5, 5.41) is 0.787. The number of aromatic nitrogens is 1. The molecule has 1 saturated heterocycles. The SMILES string of the molecule is COc1cccc(/C=C2\SC(N3CCN(c4ccccn4)CC3)=NC2=O)c1. The molecule has 0 radical (unpaired) electrons. The van der Waals surface area contributed by atoms with E-state index in [0.29, 0.717) is 4.91 Å². The van der Waals surface area contributed by atoms with Gasteiger partial charge in [0.2, 0.25) is 0 Å². The summed E-state index contributed by atoms with van der Waals surface area (Å²) in [5.41, 5.74) is 0.932. The number of amides is 1. The Labute approximate surface area is 162 Å². The Balaban J connectivity index is 1.41. The fourth-order valence-electron chi connectivity index (χ4n) is 3.08. The van der Waals surface area contributed by atoms with Crippen molar-refractivity contribution in [3.8, 4) is 5.75 Å². The summed E-state index contributed by atoms with van der Waals surface area (Å²) >= 11 is 1.44. The summed E-state index contributed by atoms with van der Waals surface area (Å²) in [6.45, 7) is 3.36. The second kappa shape index (κ2) is 7.84. The molecular weight excluding hydrogens is 360 g/mol. The number of benzene rings is 1. The molecule has 27 heavy (non-hydrogen) atoms. The third kappa shape index (κ3) is 3.98. The Morgan fingerprint density at radius 2 is 1.89 bits per heavy atom. The van der Waals surface area contributed by atoms with Crippen LogP contribution in [0.3, 0.4) is 0 Å². The molecule has 0 saturated carbocycles. The molecule has 0 spiro atoms. The molecule has 1 fully saturated rings. The van der Waals surface area contributed by atoms with Gasteiger partial charge in [-0.15, -0.1) is 0 Å². The first-order valence-electron chi connectivity index (χ1n) is 8.80. The van der Waals surface area contributed by atoms with Crippen LogP contribution in [0.5, 0.6) is 5.75 Å². The Bertz CT molecular complexity index is 890. The van der Waals surface area contributed by atoms with E-state index in [1.807, 2.05) is 54.7 Å². The average molecular weight is 380 g/mol. The zero-order chi connectivity index (χ0) is 18.6. The maximum atomic E-state index is 12.3. The number of hydrogen-bond acceptors (Lipinski definition) is 6. The fourth-order valence-corrected chi connectivity index (χ4v) is 4.05. The van der Waals surface area contributed by atoms with E-state index in [4.69, 9.17) is 4.74 Å². The van der Waals surface area contributed by atoms with Gasteiger partial charge in [0.1, 0.15) is 11.6 Å². The van der Waals surface area contributed by atoms with Crippen molar-refractivity contribution in [2.45, 2.75) is 0 Å². The minimum atomic E-state index is -0.176. The monoisotopic (exact) mass is 380 g/mol. The molecule has 1 aromatic heterocycles. The second-order valence-corrected chi connectivity index (χ2v) is 7.26. The molecule has 0 unspecified atom stereocenters. The number of piperazine rings is 1. The molecule has 138 valence electrons. The lowest BCUT2D eigenvalue weighted by Gasteiger charge is -2.35. The third-order valence-corrected chi connectivity index (χ3v) is 5.57. The maximum absolute atomic E-state index is 12.3. The number of nitrogens with zero attached hydrogens (tertiary/aromatic N) is 4. The Hall–Kier alpha value is -2.80. The highest BCUT2D eigenvalue weighted by Gasteiger charge is 2.28. The lowest BCUT2D eigenvalue weighted by atomic mass is 10.2. The highest BCUT2D eigenvalue weighted by Crippen LogP contribution is 2.31. The van der Waals surface area contributed by atoms with Crippen LogP contribution >= 0.6 is 11.8 Å². The van der Waals surface area contributed by atoms with Crippen LogP contribution in [0.25, 0.3) is 6.08 Å². The first kappa shape index (κ1) is 17.6. The Morgan fingerprint density at radius 1 is 1.07 bits per heavy atom. The molecule has 7 heteroatoms. The Morgan fingerprint density at radius 3 is 2.63 bits per heavy atom. The standard InChI is InChI=1S/C20H20N4O2S/c1-26-16-6-4-5-15(13-16)14-17-19(25)22-20(27-17)24-11-9-23(10-12-24)18-7-2-3-8-21-18/h2-8,13-14H,9-12H2,1H3/b17-14-. The van der Waals surface area contributed by atoms with E-state index in [9.17, 15) is 4.79 Å². The van der Waals surface area contributed by atoms with Crippen molar-refractivity contribution >= 4 is 34.7 Å². The summed E-state index contributed by atoms with van der Waals surface area (Å²) in [7, 11) is 1.63. The van der Waals surface area contributed by atoms with E-state index in [1.54, 1.807) is 7.11 Å². The number of rotatable bonds is 3. The third-order valence-electron chi connectivity index (χ3n) is 4.52. The van der Waals surface area contributed by atoms with Crippen LogP contribution in [0.2, 0.25) is 0 Å². The highest BCUT2D eigenvalue weighted by atomic mass is 32.2. The normalized spacial score (nSPS) is 18.8. The van der Waals surface area contributed by atoms with E-state index in [2.05, 4.69) is 19.8 Å². The quantitative estimate of drug-likeness (QED) is 0.763. The molecule has 2 aliphatic rings. The number of amidine groups is 1. The lowest BCUT2D eigenvalue weighted by Crippen LogP contribution is -2.48. The number of pyridine rings is 1. The molecule has 4 rings (SSSR count). The Kier molecular flexibility index (Phi) is 5.11. The van der Waals surface area contributed by atoms with Crippen molar-refractivity contribution in [2.24, 2.45) is 4.99 Å². The van der Waals surface area contributed by atoms with Gasteiger partial charge in [0, 0.05) is 32.4 Å². The summed E-state index contributed by atoms with van der Waals surface area (Å²) in [5.74, 6) is 1.59. The number of methoxy groups -OCH3 is 1. The smallest absolute Gasteiger partial charge is 0.286 e.